The van der Waals surface area contributed by atoms with Gasteiger partial charge in [-0.3, -0.25) is 9.36 Å². The topological polar surface area (TPSA) is 91.1 Å². The van der Waals surface area contributed by atoms with Crippen molar-refractivity contribution in [3.8, 4) is 5.69 Å². The Morgan fingerprint density at radius 2 is 2.00 bits per heavy atom. The highest BCUT2D eigenvalue weighted by Crippen LogP contribution is 2.24. The van der Waals surface area contributed by atoms with E-state index >= 15 is 0 Å². The Morgan fingerprint density at radius 3 is 2.68 bits per heavy atom. The lowest BCUT2D eigenvalue weighted by Gasteiger charge is -2.09. The lowest BCUT2D eigenvalue weighted by Crippen LogP contribution is -2.22. The molecule has 0 aliphatic carbocycles. The molecule has 2 N–H and O–H groups in total. The van der Waals surface area contributed by atoms with Crippen LogP contribution in [0.2, 0.25) is 0 Å². The molecule has 2 aromatic heterocycles. The summed E-state index contributed by atoms with van der Waals surface area (Å²) in [6.45, 7) is 0. The van der Waals surface area contributed by atoms with Gasteiger partial charge in [-0.05, 0) is 18.2 Å². The molecule has 22 heavy (non-hydrogen) atoms. The zero-order valence-corrected chi connectivity index (χ0v) is 11.0. The Hall–Kier alpha value is -3.03. The van der Waals surface area contributed by atoms with Crippen LogP contribution in [0.15, 0.2) is 50.5 Å². The highest BCUT2D eigenvalue weighted by molar-refractivity contribution is 5.85. The first-order valence-corrected chi connectivity index (χ1v) is 6.18. The fourth-order valence-electron chi connectivity index (χ4n) is 2.12. The number of nitrogens with zero attached hydrogens (tertiary/aromatic N) is 2. The molecule has 0 fully saturated rings. The fourth-order valence-corrected chi connectivity index (χ4v) is 2.12. The molecular formula is C14H9F2N3O3. The van der Waals surface area contributed by atoms with Crippen LogP contribution >= 0.6 is 0 Å². The quantitative estimate of drug-likeness (QED) is 0.780. The molecule has 0 bridgehead atoms. The van der Waals surface area contributed by atoms with Crippen molar-refractivity contribution in [3.63, 3.8) is 0 Å². The molecular weight excluding hydrogens is 296 g/mol. The number of halogens is 2. The maximum atomic E-state index is 12.7. The molecule has 0 saturated heterocycles. The van der Waals surface area contributed by atoms with Crippen molar-refractivity contribution in [1.82, 2.24) is 9.55 Å². The molecule has 112 valence electrons. The molecule has 3 rings (SSSR count). The predicted octanol–water partition coefficient (Wildman–Crippen LogP) is 1.86. The van der Waals surface area contributed by atoms with E-state index in [1.807, 2.05) is 0 Å². The van der Waals surface area contributed by atoms with Crippen LogP contribution in [0.25, 0.3) is 16.7 Å². The molecule has 0 atom stereocenters. The number of benzene rings is 1. The van der Waals surface area contributed by atoms with Crippen molar-refractivity contribution >= 4 is 16.8 Å². The van der Waals surface area contributed by atoms with Gasteiger partial charge in [0.05, 0.1) is 11.1 Å². The van der Waals surface area contributed by atoms with E-state index in [9.17, 15) is 18.4 Å². The summed E-state index contributed by atoms with van der Waals surface area (Å²) in [5.41, 5.74) is 4.20. The van der Waals surface area contributed by atoms with E-state index in [-0.39, 0.29) is 22.5 Å². The molecule has 6 nitrogen and oxygen atoms in total. The fraction of sp³-hybridized carbons (Fsp3) is 0.0714. The van der Waals surface area contributed by atoms with Gasteiger partial charge in [0, 0.05) is 12.3 Å². The van der Waals surface area contributed by atoms with Crippen molar-refractivity contribution < 1.29 is 13.2 Å². The summed E-state index contributed by atoms with van der Waals surface area (Å²) >= 11 is 0. The van der Waals surface area contributed by atoms with Crippen LogP contribution in [-0.4, -0.2) is 9.55 Å². The monoisotopic (exact) mass is 305 g/mol. The molecule has 0 saturated carbocycles. The summed E-state index contributed by atoms with van der Waals surface area (Å²) < 4.78 is 31.5. The van der Waals surface area contributed by atoms with Crippen LogP contribution in [0, 0.1) is 0 Å². The third-order valence-electron chi connectivity index (χ3n) is 3.05. The lowest BCUT2D eigenvalue weighted by atomic mass is 10.1. The average molecular weight is 305 g/mol. The molecule has 3 aromatic rings. The normalized spacial score (nSPS) is 11.2. The summed E-state index contributed by atoms with van der Waals surface area (Å²) in [7, 11) is 0. The van der Waals surface area contributed by atoms with Gasteiger partial charge >= 0.3 is 5.69 Å². The Bertz CT molecular complexity index is 979. The minimum absolute atomic E-state index is 0.0144. The van der Waals surface area contributed by atoms with Gasteiger partial charge < -0.3 is 10.2 Å². The van der Waals surface area contributed by atoms with E-state index in [1.165, 1.54) is 30.5 Å². The highest BCUT2D eigenvalue weighted by Gasteiger charge is 2.16. The number of hydrogen-bond donors (Lipinski definition) is 1. The van der Waals surface area contributed by atoms with E-state index < -0.39 is 23.3 Å². The van der Waals surface area contributed by atoms with Crippen LogP contribution < -0.4 is 16.9 Å². The van der Waals surface area contributed by atoms with Crippen molar-refractivity contribution in [1.29, 1.82) is 0 Å². The molecule has 0 aliphatic rings. The second kappa shape index (κ2) is 5.06. The van der Waals surface area contributed by atoms with E-state index in [2.05, 4.69) is 4.98 Å². The third-order valence-corrected chi connectivity index (χ3v) is 3.05. The molecule has 2 heterocycles. The molecule has 8 heteroatoms. The minimum atomic E-state index is -2.90. The molecule has 0 spiro atoms. The van der Waals surface area contributed by atoms with Gasteiger partial charge in [-0.2, -0.15) is 4.98 Å². The van der Waals surface area contributed by atoms with Gasteiger partial charge in [0.1, 0.15) is 11.4 Å². The van der Waals surface area contributed by atoms with Crippen molar-refractivity contribution in [2.75, 3.05) is 5.73 Å². The third kappa shape index (κ3) is 2.24. The number of aromatic nitrogens is 2. The standard InChI is InChI=1S/C14H9F2N3O3/c15-13(16)10-6-8(20)12-7(2-1-3-9(12)22-10)19-5-4-11(17)18-14(19)21/h1-6,13H,(H2,17,18,21). The molecule has 0 amide bonds. The van der Waals surface area contributed by atoms with E-state index in [0.29, 0.717) is 6.07 Å². The van der Waals surface area contributed by atoms with Gasteiger partial charge in [-0.25, -0.2) is 13.6 Å². The Balaban J connectivity index is 2.36. The molecule has 1 aromatic carbocycles. The number of rotatable bonds is 2. The molecule has 0 aliphatic heterocycles. The first-order valence-electron chi connectivity index (χ1n) is 6.18. The van der Waals surface area contributed by atoms with Gasteiger partial charge in [-0.15, -0.1) is 0 Å². The maximum absolute atomic E-state index is 12.7. The first-order chi connectivity index (χ1) is 10.5. The van der Waals surface area contributed by atoms with Crippen molar-refractivity contribution in [3.05, 3.63) is 63.0 Å². The van der Waals surface area contributed by atoms with Gasteiger partial charge in [-0.1, -0.05) is 6.07 Å². The number of nitrogen functional groups attached to an aromatic ring is 1. The van der Waals surface area contributed by atoms with Gasteiger partial charge in [0.25, 0.3) is 6.43 Å². The smallest absolute Gasteiger partial charge is 0.354 e. The van der Waals surface area contributed by atoms with Crippen LogP contribution in [0.3, 0.4) is 0 Å². The Morgan fingerprint density at radius 1 is 1.23 bits per heavy atom. The summed E-state index contributed by atoms with van der Waals surface area (Å²) in [5.74, 6) is -0.689. The zero-order valence-electron chi connectivity index (χ0n) is 11.0. The Labute approximate surface area is 121 Å². The van der Waals surface area contributed by atoms with Crippen molar-refractivity contribution in [2.45, 2.75) is 6.43 Å². The Kier molecular flexibility index (Phi) is 3.21. The first kappa shape index (κ1) is 13.9. The summed E-state index contributed by atoms with van der Waals surface area (Å²) in [6.07, 6.45) is -1.55. The van der Waals surface area contributed by atoms with Crippen LogP contribution in [0.4, 0.5) is 14.6 Å². The van der Waals surface area contributed by atoms with E-state index in [0.717, 1.165) is 4.57 Å². The number of nitrogens with two attached hydrogens (primary N) is 1. The average Bonchev–Trinajstić information content (AvgIpc) is 2.46. The largest absolute Gasteiger partial charge is 0.455 e. The summed E-state index contributed by atoms with van der Waals surface area (Å²) in [4.78, 5) is 27.6. The number of hydrogen-bond acceptors (Lipinski definition) is 5. The zero-order chi connectivity index (χ0) is 15.9. The minimum Gasteiger partial charge on any atom is -0.455 e. The summed E-state index contributed by atoms with van der Waals surface area (Å²) in [6, 6.07) is 6.45. The SMILES string of the molecule is Nc1ccn(-c2cccc3oc(C(F)F)cc(=O)c23)c(=O)n1. The van der Waals surface area contributed by atoms with Crippen LogP contribution in [-0.2, 0) is 0 Å². The van der Waals surface area contributed by atoms with Gasteiger partial charge in [0.15, 0.2) is 11.2 Å². The highest BCUT2D eigenvalue weighted by atomic mass is 19.3. The number of anilines is 1. The number of alkyl halides is 2. The van der Waals surface area contributed by atoms with Crippen LogP contribution in [0.5, 0.6) is 0 Å². The predicted molar refractivity (Wildman–Crippen MR) is 75.2 cm³/mol. The second-order valence-electron chi connectivity index (χ2n) is 4.47. The molecule has 0 radical (unpaired) electrons. The van der Waals surface area contributed by atoms with Gasteiger partial charge in [0.2, 0.25) is 0 Å². The second-order valence-corrected chi connectivity index (χ2v) is 4.47. The summed E-state index contributed by atoms with van der Waals surface area (Å²) in [5, 5.41) is 0.0144. The maximum Gasteiger partial charge on any atom is 0.354 e. The lowest BCUT2D eigenvalue weighted by molar-refractivity contribution is 0.122. The van der Waals surface area contributed by atoms with E-state index in [1.54, 1.807) is 0 Å². The number of fused-ring (bicyclic) bond motifs is 1. The molecule has 0 unspecified atom stereocenters. The van der Waals surface area contributed by atoms with Crippen LogP contribution in [0.1, 0.15) is 12.2 Å². The van der Waals surface area contributed by atoms with E-state index in [4.69, 9.17) is 10.2 Å². The van der Waals surface area contributed by atoms with Crippen molar-refractivity contribution in [2.24, 2.45) is 0 Å².